The molecular weight excluding hydrogens is 270 g/mol. The van der Waals surface area contributed by atoms with Gasteiger partial charge in [-0.1, -0.05) is 15.9 Å². The minimum Gasteiger partial charge on any atom is -0.396 e. The van der Waals surface area contributed by atoms with Crippen molar-refractivity contribution in [2.45, 2.75) is 19.3 Å². The summed E-state index contributed by atoms with van der Waals surface area (Å²) in [5.41, 5.74) is 0. The Hall–Kier alpha value is 0.350. The maximum absolute atomic E-state index is 11.5. The summed E-state index contributed by atoms with van der Waals surface area (Å²) in [4.78, 5) is 0. The van der Waals surface area contributed by atoms with E-state index in [0.717, 1.165) is 12.8 Å². The molecule has 0 radical (unpaired) electrons. The van der Waals surface area contributed by atoms with E-state index in [1.165, 1.54) is 4.31 Å². The lowest BCUT2D eigenvalue weighted by Gasteiger charge is -2.31. The molecule has 0 saturated carbocycles. The Morgan fingerprint density at radius 1 is 1.50 bits per heavy atom. The first kappa shape index (κ1) is 12.4. The maximum atomic E-state index is 11.5. The Morgan fingerprint density at radius 3 is 2.79 bits per heavy atom. The Bertz CT molecular complexity index is 266. The molecular formula is C8H16BrNO3S. The third kappa shape index (κ3) is 3.18. The van der Waals surface area contributed by atoms with Crippen LogP contribution >= 0.6 is 15.9 Å². The molecule has 0 amide bonds. The van der Waals surface area contributed by atoms with E-state index in [-0.39, 0.29) is 11.3 Å². The second kappa shape index (κ2) is 5.44. The average Bonchev–Trinajstić information content (AvgIpc) is 2.19. The van der Waals surface area contributed by atoms with Crippen molar-refractivity contribution in [1.29, 1.82) is 0 Å². The van der Waals surface area contributed by atoms with E-state index in [0.29, 0.717) is 25.4 Å². The van der Waals surface area contributed by atoms with Crippen LogP contribution in [0, 0.1) is 5.92 Å². The van der Waals surface area contributed by atoms with Crippen LogP contribution < -0.4 is 0 Å². The fraction of sp³-hybridized carbons (Fsp3) is 1.00. The molecule has 1 unspecified atom stereocenters. The molecule has 1 atom stereocenters. The number of hydrogen-bond donors (Lipinski definition) is 1. The van der Waals surface area contributed by atoms with Gasteiger partial charge in [-0.3, -0.25) is 0 Å². The fourth-order valence-corrected chi connectivity index (χ4v) is 3.62. The highest BCUT2D eigenvalue weighted by molar-refractivity contribution is 9.10. The summed E-state index contributed by atoms with van der Waals surface area (Å²) < 4.78 is 24.6. The molecule has 0 spiro atoms. The summed E-state index contributed by atoms with van der Waals surface area (Å²) in [7, 11) is -3.10. The first-order chi connectivity index (χ1) is 6.60. The van der Waals surface area contributed by atoms with Gasteiger partial charge in [0.2, 0.25) is 10.0 Å². The number of alkyl halides is 1. The summed E-state index contributed by atoms with van der Waals surface area (Å²) in [6, 6.07) is 0. The lowest BCUT2D eigenvalue weighted by atomic mass is 9.97. The number of halogens is 1. The first-order valence-corrected chi connectivity index (χ1v) is 7.48. The second-order valence-corrected chi connectivity index (χ2v) is 6.87. The standard InChI is InChI=1S/C8H16BrNO3S/c9-7-14(12,13)10-4-1-2-8(6-10)3-5-11/h8,11H,1-7H2. The smallest absolute Gasteiger partial charge is 0.224 e. The molecule has 0 bridgehead atoms. The quantitative estimate of drug-likeness (QED) is 0.776. The molecule has 14 heavy (non-hydrogen) atoms. The fourth-order valence-electron chi connectivity index (χ4n) is 1.77. The van der Waals surface area contributed by atoms with Crippen molar-refractivity contribution < 1.29 is 13.5 Å². The van der Waals surface area contributed by atoms with Gasteiger partial charge in [0.25, 0.3) is 0 Å². The molecule has 1 heterocycles. The van der Waals surface area contributed by atoms with Gasteiger partial charge in [-0.2, -0.15) is 0 Å². The maximum Gasteiger partial charge on any atom is 0.224 e. The molecule has 1 saturated heterocycles. The van der Waals surface area contributed by atoms with Crippen molar-refractivity contribution in [2.24, 2.45) is 5.92 Å². The lowest BCUT2D eigenvalue weighted by molar-refractivity contribution is 0.203. The van der Waals surface area contributed by atoms with Crippen LogP contribution in [0.15, 0.2) is 0 Å². The van der Waals surface area contributed by atoms with Crippen LogP contribution in [-0.2, 0) is 10.0 Å². The zero-order chi connectivity index (χ0) is 10.6. The van der Waals surface area contributed by atoms with Crippen molar-refractivity contribution in [1.82, 2.24) is 4.31 Å². The molecule has 1 aliphatic heterocycles. The van der Waals surface area contributed by atoms with Crippen LogP contribution in [0.4, 0.5) is 0 Å². The summed E-state index contributed by atoms with van der Waals surface area (Å²) in [6.07, 6.45) is 2.63. The number of rotatable bonds is 4. The van der Waals surface area contributed by atoms with Gasteiger partial charge >= 0.3 is 0 Å². The molecule has 1 aliphatic rings. The van der Waals surface area contributed by atoms with Gasteiger partial charge in [-0.05, 0) is 25.2 Å². The third-order valence-electron chi connectivity index (χ3n) is 2.55. The van der Waals surface area contributed by atoms with Crippen LogP contribution in [0.5, 0.6) is 0 Å². The highest BCUT2D eigenvalue weighted by atomic mass is 79.9. The number of aliphatic hydroxyl groups excluding tert-OH is 1. The molecule has 1 N–H and O–H groups in total. The number of nitrogens with zero attached hydrogens (tertiary/aromatic N) is 1. The normalized spacial score (nSPS) is 25.1. The van der Waals surface area contributed by atoms with Gasteiger partial charge in [0.15, 0.2) is 0 Å². The highest BCUT2D eigenvalue weighted by Crippen LogP contribution is 2.22. The molecule has 0 aromatic heterocycles. The third-order valence-corrected chi connectivity index (χ3v) is 5.68. The summed E-state index contributed by atoms with van der Waals surface area (Å²) in [5, 5.41) is 8.79. The number of aliphatic hydroxyl groups is 1. The summed E-state index contributed by atoms with van der Waals surface area (Å²) >= 11 is 2.99. The van der Waals surface area contributed by atoms with E-state index in [4.69, 9.17) is 5.11 Å². The van der Waals surface area contributed by atoms with E-state index in [9.17, 15) is 8.42 Å². The Morgan fingerprint density at radius 2 is 2.21 bits per heavy atom. The molecule has 84 valence electrons. The van der Waals surface area contributed by atoms with Crippen LogP contribution in [0.25, 0.3) is 0 Å². The monoisotopic (exact) mass is 285 g/mol. The molecule has 1 rings (SSSR count). The first-order valence-electron chi connectivity index (χ1n) is 4.75. The van der Waals surface area contributed by atoms with E-state index in [1.807, 2.05) is 0 Å². The van der Waals surface area contributed by atoms with Gasteiger partial charge < -0.3 is 5.11 Å². The number of sulfonamides is 1. The van der Waals surface area contributed by atoms with Gasteiger partial charge in [0, 0.05) is 19.7 Å². The second-order valence-electron chi connectivity index (χ2n) is 3.60. The number of piperidine rings is 1. The molecule has 6 heteroatoms. The van der Waals surface area contributed by atoms with Crippen LogP contribution in [0.1, 0.15) is 19.3 Å². The van der Waals surface area contributed by atoms with Gasteiger partial charge in [0.05, 0.1) is 0 Å². The lowest BCUT2D eigenvalue weighted by Crippen LogP contribution is -2.40. The Balaban J connectivity index is 2.56. The van der Waals surface area contributed by atoms with E-state index >= 15 is 0 Å². The predicted octanol–water partition coefficient (Wildman–Crippen LogP) is 0.763. The molecule has 0 aliphatic carbocycles. The molecule has 0 aromatic rings. The van der Waals surface area contributed by atoms with E-state index < -0.39 is 10.0 Å². The van der Waals surface area contributed by atoms with Crippen LogP contribution in [-0.4, -0.2) is 42.2 Å². The average molecular weight is 286 g/mol. The minimum absolute atomic E-state index is 0.00809. The van der Waals surface area contributed by atoms with Crippen molar-refractivity contribution in [2.75, 3.05) is 24.4 Å². The van der Waals surface area contributed by atoms with E-state index in [1.54, 1.807) is 0 Å². The van der Waals surface area contributed by atoms with Crippen LogP contribution in [0.2, 0.25) is 0 Å². The Kier molecular flexibility index (Phi) is 4.82. The van der Waals surface area contributed by atoms with Gasteiger partial charge in [-0.15, -0.1) is 0 Å². The summed E-state index contributed by atoms with van der Waals surface area (Å²) in [6.45, 7) is 1.33. The minimum atomic E-state index is -3.10. The largest absolute Gasteiger partial charge is 0.396 e. The zero-order valence-corrected chi connectivity index (χ0v) is 10.4. The molecule has 4 nitrogen and oxygen atoms in total. The SMILES string of the molecule is O=S(=O)(CBr)N1CCCC(CCO)C1. The molecule has 1 fully saturated rings. The van der Waals surface area contributed by atoms with Crippen molar-refractivity contribution in [3.05, 3.63) is 0 Å². The Labute approximate surface area is 93.5 Å². The topological polar surface area (TPSA) is 57.6 Å². The number of hydrogen-bond acceptors (Lipinski definition) is 3. The molecule has 0 aromatic carbocycles. The van der Waals surface area contributed by atoms with Gasteiger partial charge in [0.1, 0.15) is 4.66 Å². The predicted molar refractivity (Wildman–Crippen MR) is 58.7 cm³/mol. The van der Waals surface area contributed by atoms with Gasteiger partial charge in [-0.25, -0.2) is 12.7 Å². The van der Waals surface area contributed by atoms with Crippen LogP contribution in [0.3, 0.4) is 0 Å². The van der Waals surface area contributed by atoms with Crippen molar-refractivity contribution >= 4 is 26.0 Å². The van der Waals surface area contributed by atoms with E-state index in [2.05, 4.69) is 15.9 Å². The summed E-state index contributed by atoms with van der Waals surface area (Å²) in [5.74, 6) is 0.322. The zero-order valence-electron chi connectivity index (χ0n) is 8.02. The highest BCUT2D eigenvalue weighted by Gasteiger charge is 2.27. The van der Waals surface area contributed by atoms with Crippen molar-refractivity contribution in [3.63, 3.8) is 0 Å². The van der Waals surface area contributed by atoms with Crippen molar-refractivity contribution in [3.8, 4) is 0 Å².